The van der Waals surface area contributed by atoms with E-state index in [2.05, 4.69) is 25.7 Å². The molecule has 0 N–H and O–H groups in total. The third-order valence-electron chi connectivity index (χ3n) is 3.70. The van der Waals surface area contributed by atoms with Gasteiger partial charge in [0.25, 0.3) is 0 Å². The molecule has 0 saturated carbocycles. The van der Waals surface area contributed by atoms with Crippen LogP contribution in [-0.4, -0.2) is 43.4 Å². The summed E-state index contributed by atoms with van der Waals surface area (Å²) in [5.41, 5.74) is 1.34. The Balaban J connectivity index is 2.00. The smallest absolute Gasteiger partial charge is 0.312 e. The van der Waals surface area contributed by atoms with Crippen LogP contribution in [0.5, 0.6) is 0 Å². The van der Waals surface area contributed by atoms with Crippen LogP contribution in [0.4, 0.5) is 0 Å². The first-order valence-corrected chi connectivity index (χ1v) is 9.74. The van der Waals surface area contributed by atoms with Crippen LogP contribution in [0.25, 0.3) is 0 Å². The number of rotatable bonds is 5. The van der Waals surface area contributed by atoms with Gasteiger partial charge >= 0.3 is 7.60 Å². The average molecular weight is 332 g/mol. The molecule has 0 saturated heterocycles. The third-order valence-corrected chi connectivity index (χ3v) is 7.07. The Morgan fingerprint density at radius 3 is 2.57 bits per heavy atom. The number of aromatic nitrogens is 1. The number of thiazole rings is 1. The fourth-order valence-corrected chi connectivity index (χ4v) is 4.53. The van der Waals surface area contributed by atoms with Gasteiger partial charge in [-0.25, -0.2) is 4.98 Å². The predicted molar refractivity (Wildman–Crippen MR) is 86.3 cm³/mol. The summed E-state index contributed by atoms with van der Waals surface area (Å²) in [5.74, 6) is 0. The van der Waals surface area contributed by atoms with Crippen LogP contribution in [-0.2, 0) is 32.0 Å². The second kappa shape index (κ2) is 6.47. The maximum absolute atomic E-state index is 12.1. The minimum absolute atomic E-state index is 0.106. The largest absolute Gasteiger partial charge is 0.331 e. The number of nitrogens with zero attached hydrogens (tertiary/aromatic N) is 2. The Kier molecular flexibility index (Phi) is 5.27. The fraction of sp³-hybridized carbons (Fsp3) is 0.786. The van der Waals surface area contributed by atoms with Crippen molar-refractivity contribution in [2.75, 3.05) is 33.5 Å². The number of hydrogen-bond acceptors (Lipinski definition) is 6. The number of hydrogen-bond donors (Lipinski definition) is 0. The maximum atomic E-state index is 12.1. The Labute approximate surface area is 131 Å². The summed E-state index contributed by atoms with van der Waals surface area (Å²) < 4.78 is 22.1. The lowest BCUT2D eigenvalue weighted by molar-refractivity contribution is 0.244. The van der Waals surface area contributed by atoms with Crippen LogP contribution in [0.1, 0.15) is 36.3 Å². The molecule has 21 heavy (non-hydrogen) atoms. The lowest BCUT2D eigenvalue weighted by Gasteiger charge is -2.26. The summed E-state index contributed by atoms with van der Waals surface area (Å²) >= 11 is 1.81. The second-order valence-electron chi connectivity index (χ2n) is 6.36. The van der Waals surface area contributed by atoms with E-state index in [0.717, 1.165) is 26.1 Å². The summed E-state index contributed by atoms with van der Waals surface area (Å²) in [5, 5.41) is 1.20. The lowest BCUT2D eigenvalue weighted by Crippen LogP contribution is -2.32. The molecule has 7 heteroatoms. The standard InChI is InChI=1S/C14H25N2O3PS/c1-14(2,3)13-15-11-6-7-16(10-12(11)21-13)8-9-20(17,18-4)19-5/h6-10H2,1-5H3. The highest BCUT2D eigenvalue weighted by Gasteiger charge is 2.27. The van der Waals surface area contributed by atoms with Gasteiger partial charge in [-0.2, -0.15) is 0 Å². The van der Waals surface area contributed by atoms with Crippen molar-refractivity contribution in [3.8, 4) is 0 Å². The highest BCUT2D eigenvalue weighted by Crippen LogP contribution is 2.46. The Morgan fingerprint density at radius 1 is 1.33 bits per heavy atom. The normalized spacial score (nSPS) is 17.0. The molecule has 0 atom stereocenters. The Hall–Kier alpha value is -0.260. The van der Waals surface area contributed by atoms with Gasteiger partial charge < -0.3 is 9.05 Å². The van der Waals surface area contributed by atoms with Crippen LogP contribution in [0.2, 0.25) is 0 Å². The van der Waals surface area contributed by atoms with E-state index < -0.39 is 7.60 Å². The van der Waals surface area contributed by atoms with Gasteiger partial charge in [-0.1, -0.05) is 20.8 Å². The van der Waals surface area contributed by atoms with E-state index in [-0.39, 0.29) is 5.41 Å². The lowest BCUT2D eigenvalue weighted by atomic mass is 9.98. The summed E-state index contributed by atoms with van der Waals surface area (Å²) in [6.45, 7) is 9.15. The summed E-state index contributed by atoms with van der Waals surface area (Å²) in [4.78, 5) is 8.43. The van der Waals surface area contributed by atoms with Crippen molar-refractivity contribution in [3.05, 3.63) is 15.6 Å². The van der Waals surface area contributed by atoms with Crippen molar-refractivity contribution < 1.29 is 13.6 Å². The SMILES string of the molecule is COP(=O)(CCN1CCc2nc(C(C)(C)C)sc2C1)OC. The molecule has 0 aliphatic carbocycles. The van der Waals surface area contributed by atoms with Crippen LogP contribution < -0.4 is 0 Å². The molecule has 0 amide bonds. The van der Waals surface area contributed by atoms with Crippen molar-refractivity contribution in [3.63, 3.8) is 0 Å². The van der Waals surface area contributed by atoms with Crippen molar-refractivity contribution in [1.82, 2.24) is 9.88 Å². The van der Waals surface area contributed by atoms with E-state index in [1.807, 2.05) is 0 Å². The highest BCUT2D eigenvalue weighted by atomic mass is 32.1. The monoisotopic (exact) mass is 332 g/mol. The van der Waals surface area contributed by atoms with Gasteiger partial charge in [0.2, 0.25) is 0 Å². The maximum Gasteiger partial charge on any atom is 0.331 e. The molecular weight excluding hydrogens is 307 g/mol. The van der Waals surface area contributed by atoms with Crippen molar-refractivity contribution in [2.45, 2.75) is 39.2 Å². The quantitative estimate of drug-likeness (QED) is 0.775. The molecule has 0 fully saturated rings. The molecule has 2 heterocycles. The molecule has 0 aromatic carbocycles. The van der Waals surface area contributed by atoms with Crippen LogP contribution in [0.15, 0.2) is 0 Å². The molecule has 5 nitrogen and oxygen atoms in total. The molecule has 1 aliphatic rings. The molecule has 120 valence electrons. The van der Waals surface area contributed by atoms with Gasteiger partial charge in [-0.15, -0.1) is 11.3 Å². The Morgan fingerprint density at radius 2 is 2.00 bits per heavy atom. The van der Waals surface area contributed by atoms with Crippen molar-refractivity contribution >= 4 is 18.9 Å². The topological polar surface area (TPSA) is 51.7 Å². The molecule has 2 rings (SSSR count). The summed E-state index contributed by atoms with van der Waals surface area (Å²) in [6, 6.07) is 0. The molecule has 0 radical (unpaired) electrons. The van der Waals surface area contributed by atoms with Gasteiger partial charge in [0.1, 0.15) is 0 Å². The average Bonchev–Trinajstić information content (AvgIpc) is 2.88. The van der Waals surface area contributed by atoms with Gasteiger partial charge in [0, 0.05) is 50.6 Å². The first-order valence-electron chi connectivity index (χ1n) is 7.19. The molecule has 0 spiro atoms. The van der Waals surface area contributed by atoms with Gasteiger partial charge in [0.15, 0.2) is 0 Å². The summed E-state index contributed by atoms with van der Waals surface area (Å²) in [6.07, 6.45) is 1.40. The molecule has 0 bridgehead atoms. The van der Waals surface area contributed by atoms with Crippen LogP contribution in [0, 0.1) is 0 Å². The molecule has 1 aliphatic heterocycles. The van der Waals surface area contributed by atoms with E-state index in [0.29, 0.717) is 6.16 Å². The molecule has 0 unspecified atom stereocenters. The van der Waals surface area contributed by atoms with Crippen LogP contribution in [0.3, 0.4) is 0 Å². The first-order chi connectivity index (χ1) is 9.77. The molecule has 1 aromatic heterocycles. The zero-order valence-electron chi connectivity index (χ0n) is 13.5. The third kappa shape index (κ3) is 4.14. The Bertz CT molecular complexity index is 531. The van der Waals surface area contributed by atoms with Crippen LogP contribution >= 0.6 is 18.9 Å². The highest BCUT2D eigenvalue weighted by molar-refractivity contribution is 7.53. The van der Waals surface area contributed by atoms with Gasteiger partial charge in [0.05, 0.1) is 16.9 Å². The summed E-state index contributed by atoms with van der Waals surface area (Å²) in [7, 11) is -0.0238. The zero-order chi connectivity index (χ0) is 15.7. The zero-order valence-corrected chi connectivity index (χ0v) is 15.2. The minimum Gasteiger partial charge on any atom is -0.312 e. The minimum atomic E-state index is -2.91. The van der Waals surface area contributed by atoms with E-state index in [4.69, 9.17) is 14.0 Å². The number of fused-ring (bicyclic) bond motifs is 1. The predicted octanol–water partition coefficient (Wildman–Crippen LogP) is 3.28. The van der Waals surface area contributed by atoms with Gasteiger partial charge in [-0.05, 0) is 0 Å². The van der Waals surface area contributed by atoms with E-state index in [9.17, 15) is 4.57 Å². The molecular formula is C14H25N2O3PS. The van der Waals surface area contributed by atoms with E-state index in [1.165, 1.54) is 29.8 Å². The molecule has 1 aromatic rings. The van der Waals surface area contributed by atoms with Gasteiger partial charge in [-0.3, -0.25) is 9.46 Å². The van der Waals surface area contributed by atoms with E-state index >= 15 is 0 Å². The van der Waals surface area contributed by atoms with Crippen molar-refractivity contribution in [2.24, 2.45) is 0 Å². The van der Waals surface area contributed by atoms with Crippen molar-refractivity contribution in [1.29, 1.82) is 0 Å². The first kappa shape index (κ1) is 17.1. The fourth-order valence-electron chi connectivity index (χ4n) is 2.28. The van der Waals surface area contributed by atoms with E-state index in [1.54, 1.807) is 11.3 Å². The second-order valence-corrected chi connectivity index (χ2v) is 9.85.